The molecule has 1 amide bonds. The predicted octanol–water partition coefficient (Wildman–Crippen LogP) is 3.68. The summed E-state index contributed by atoms with van der Waals surface area (Å²) in [5.41, 5.74) is -1.35. The molecule has 0 aromatic heterocycles. The van der Waals surface area contributed by atoms with Gasteiger partial charge in [0.1, 0.15) is 5.75 Å². The van der Waals surface area contributed by atoms with Gasteiger partial charge in [0.15, 0.2) is 0 Å². The minimum Gasteiger partial charge on any atom is -0.434 e. The Bertz CT molecular complexity index is 540. The zero-order valence-electron chi connectivity index (χ0n) is 11.0. The van der Waals surface area contributed by atoms with E-state index >= 15 is 0 Å². The summed E-state index contributed by atoms with van der Waals surface area (Å²) >= 11 is 0. The SMILES string of the molecule is CN(C(=O)C1CC1)c1ccc(OC(F)F)c(C(F)(F)F)c1. The summed E-state index contributed by atoms with van der Waals surface area (Å²) in [6, 6.07) is 2.58. The van der Waals surface area contributed by atoms with Crippen molar-refractivity contribution in [1.29, 1.82) is 0 Å². The molecular formula is C13H12F5NO2. The number of amides is 1. The lowest BCUT2D eigenvalue weighted by Crippen LogP contribution is -2.28. The van der Waals surface area contributed by atoms with E-state index < -0.39 is 24.1 Å². The minimum absolute atomic E-state index is 0.0131. The summed E-state index contributed by atoms with van der Waals surface area (Å²) in [6.07, 6.45) is -3.44. The fourth-order valence-corrected chi connectivity index (χ4v) is 1.88. The van der Waals surface area contributed by atoms with E-state index in [1.807, 2.05) is 0 Å². The Morgan fingerprint density at radius 1 is 1.33 bits per heavy atom. The Kier molecular flexibility index (Phi) is 4.06. The van der Waals surface area contributed by atoms with Crippen LogP contribution < -0.4 is 9.64 Å². The van der Waals surface area contributed by atoms with Crippen LogP contribution in [0.4, 0.5) is 27.6 Å². The molecule has 0 heterocycles. The van der Waals surface area contributed by atoms with Crippen molar-refractivity contribution < 1.29 is 31.5 Å². The first-order chi connectivity index (χ1) is 9.70. The maximum absolute atomic E-state index is 12.9. The number of carbonyl (C=O) groups is 1. The number of benzene rings is 1. The van der Waals surface area contributed by atoms with E-state index in [-0.39, 0.29) is 17.5 Å². The van der Waals surface area contributed by atoms with E-state index in [9.17, 15) is 26.7 Å². The molecule has 0 unspecified atom stereocenters. The molecule has 0 N–H and O–H groups in total. The number of carbonyl (C=O) groups excluding carboxylic acids is 1. The van der Waals surface area contributed by atoms with Crippen molar-refractivity contribution in [3.05, 3.63) is 23.8 Å². The van der Waals surface area contributed by atoms with Gasteiger partial charge in [-0.15, -0.1) is 0 Å². The maximum atomic E-state index is 12.9. The molecule has 1 aromatic carbocycles. The Balaban J connectivity index is 2.34. The van der Waals surface area contributed by atoms with E-state index in [0.717, 1.165) is 17.0 Å². The van der Waals surface area contributed by atoms with E-state index in [1.54, 1.807) is 0 Å². The van der Waals surface area contributed by atoms with E-state index in [0.29, 0.717) is 18.9 Å². The first-order valence-electron chi connectivity index (χ1n) is 6.13. The van der Waals surface area contributed by atoms with Crippen LogP contribution in [0.2, 0.25) is 0 Å². The van der Waals surface area contributed by atoms with Crippen molar-refractivity contribution in [1.82, 2.24) is 0 Å². The van der Waals surface area contributed by atoms with Gasteiger partial charge in [0, 0.05) is 18.7 Å². The summed E-state index contributed by atoms with van der Waals surface area (Å²) in [6.45, 7) is -3.36. The van der Waals surface area contributed by atoms with Crippen molar-refractivity contribution >= 4 is 11.6 Å². The van der Waals surface area contributed by atoms with Crippen LogP contribution in [0.3, 0.4) is 0 Å². The summed E-state index contributed by atoms with van der Waals surface area (Å²) in [4.78, 5) is 12.9. The third-order valence-corrected chi connectivity index (χ3v) is 3.13. The van der Waals surface area contributed by atoms with Crippen molar-refractivity contribution in [2.45, 2.75) is 25.6 Å². The normalized spacial score (nSPS) is 15.2. The standard InChI is InChI=1S/C13H12F5NO2/c1-19(11(20)7-2-3-7)8-4-5-10(21-12(14)15)9(6-8)13(16,17)18/h4-7,12H,2-3H2,1H3. The van der Waals surface area contributed by atoms with Crippen molar-refractivity contribution in [3.63, 3.8) is 0 Å². The number of rotatable bonds is 4. The molecule has 0 saturated heterocycles. The van der Waals surface area contributed by atoms with Gasteiger partial charge in [-0.25, -0.2) is 0 Å². The fourth-order valence-electron chi connectivity index (χ4n) is 1.88. The van der Waals surface area contributed by atoms with E-state index in [2.05, 4.69) is 4.74 Å². The molecule has 0 aliphatic heterocycles. The molecule has 21 heavy (non-hydrogen) atoms. The molecule has 0 radical (unpaired) electrons. The van der Waals surface area contributed by atoms with Crippen molar-refractivity contribution in [2.75, 3.05) is 11.9 Å². The number of ether oxygens (including phenoxy) is 1. The molecule has 1 saturated carbocycles. The molecule has 3 nitrogen and oxygen atoms in total. The van der Waals surface area contributed by atoms with Gasteiger partial charge in [0.05, 0.1) is 5.56 Å². The number of halogens is 5. The lowest BCUT2D eigenvalue weighted by atomic mass is 10.1. The third-order valence-electron chi connectivity index (χ3n) is 3.13. The average molecular weight is 309 g/mol. The van der Waals surface area contributed by atoms with Gasteiger partial charge in [-0.2, -0.15) is 22.0 Å². The molecule has 8 heteroatoms. The predicted molar refractivity (Wildman–Crippen MR) is 64.2 cm³/mol. The molecule has 116 valence electrons. The van der Waals surface area contributed by atoms with Crippen molar-refractivity contribution in [3.8, 4) is 5.75 Å². The van der Waals surface area contributed by atoms with Gasteiger partial charge >= 0.3 is 12.8 Å². The second-order valence-corrected chi connectivity index (χ2v) is 4.73. The van der Waals surface area contributed by atoms with Crippen LogP contribution in [0.15, 0.2) is 18.2 Å². The molecule has 1 aliphatic carbocycles. The highest BCUT2D eigenvalue weighted by Crippen LogP contribution is 2.40. The Morgan fingerprint density at radius 2 is 1.95 bits per heavy atom. The Labute approximate surface area is 117 Å². The zero-order chi connectivity index (χ0) is 15.8. The smallest absolute Gasteiger partial charge is 0.420 e. The van der Waals surface area contributed by atoms with Gasteiger partial charge in [-0.1, -0.05) is 0 Å². The topological polar surface area (TPSA) is 29.5 Å². The number of hydrogen-bond donors (Lipinski definition) is 0. The van der Waals surface area contributed by atoms with Crippen LogP contribution in [-0.2, 0) is 11.0 Å². The number of anilines is 1. The average Bonchev–Trinajstić information content (AvgIpc) is 3.19. The summed E-state index contributed by atoms with van der Waals surface area (Å²) in [7, 11) is 1.35. The molecule has 1 aliphatic rings. The molecule has 1 fully saturated rings. The lowest BCUT2D eigenvalue weighted by molar-refractivity contribution is -0.141. The first kappa shape index (κ1) is 15.5. The number of alkyl halides is 5. The van der Waals surface area contributed by atoms with Crippen LogP contribution in [0.25, 0.3) is 0 Å². The van der Waals surface area contributed by atoms with E-state index in [1.165, 1.54) is 7.05 Å². The molecule has 2 rings (SSSR count). The van der Waals surface area contributed by atoms with Crippen LogP contribution in [0.1, 0.15) is 18.4 Å². The van der Waals surface area contributed by atoms with Crippen LogP contribution >= 0.6 is 0 Å². The summed E-state index contributed by atoms with van der Waals surface area (Å²) in [5.74, 6) is -1.42. The minimum atomic E-state index is -4.86. The monoisotopic (exact) mass is 309 g/mol. The van der Waals surface area contributed by atoms with Crippen LogP contribution in [-0.4, -0.2) is 19.6 Å². The molecule has 0 bridgehead atoms. The van der Waals surface area contributed by atoms with Gasteiger partial charge in [-0.3, -0.25) is 4.79 Å². The number of hydrogen-bond acceptors (Lipinski definition) is 2. The first-order valence-corrected chi connectivity index (χ1v) is 6.13. The second-order valence-electron chi connectivity index (χ2n) is 4.73. The fraction of sp³-hybridized carbons (Fsp3) is 0.462. The molecule has 1 aromatic rings. The highest BCUT2D eigenvalue weighted by atomic mass is 19.4. The van der Waals surface area contributed by atoms with Gasteiger partial charge in [0.2, 0.25) is 5.91 Å². The largest absolute Gasteiger partial charge is 0.434 e. The van der Waals surface area contributed by atoms with Crippen LogP contribution in [0.5, 0.6) is 5.75 Å². The zero-order valence-corrected chi connectivity index (χ0v) is 11.0. The second kappa shape index (κ2) is 5.50. The third kappa shape index (κ3) is 3.62. The molecule has 0 spiro atoms. The van der Waals surface area contributed by atoms with Crippen molar-refractivity contribution in [2.24, 2.45) is 5.92 Å². The number of nitrogens with zero attached hydrogens (tertiary/aromatic N) is 1. The van der Waals surface area contributed by atoms with Gasteiger partial charge in [-0.05, 0) is 31.0 Å². The summed E-state index contributed by atoms with van der Waals surface area (Å²) < 4.78 is 66.8. The highest BCUT2D eigenvalue weighted by molar-refractivity contribution is 5.96. The molecule has 0 atom stereocenters. The summed E-state index contributed by atoms with van der Waals surface area (Å²) in [5, 5.41) is 0. The van der Waals surface area contributed by atoms with Gasteiger partial charge in [0.25, 0.3) is 0 Å². The quantitative estimate of drug-likeness (QED) is 0.794. The molecular weight excluding hydrogens is 297 g/mol. The van der Waals surface area contributed by atoms with Crippen LogP contribution in [0, 0.1) is 5.92 Å². The Morgan fingerprint density at radius 3 is 2.43 bits per heavy atom. The lowest BCUT2D eigenvalue weighted by Gasteiger charge is -2.20. The maximum Gasteiger partial charge on any atom is 0.420 e. The Hall–Kier alpha value is -1.86. The highest BCUT2D eigenvalue weighted by Gasteiger charge is 2.37. The van der Waals surface area contributed by atoms with E-state index in [4.69, 9.17) is 0 Å². The van der Waals surface area contributed by atoms with Gasteiger partial charge < -0.3 is 9.64 Å².